The highest BCUT2D eigenvalue weighted by Crippen LogP contribution is 2.44. The summed E-state index contributed by atoms with van der Waals surface area (Å²) in [6, 6.07) is 2.42. The summed E-state index contributed by atoms with van der Waals surface area (Å²) in [7, 11) is 2.17. The van der Waals surface area contributed by atoms with Crippen molar-refractivity contribution in [1.82, 2.24) is 10.2 Å². The molecule has 1 aliphatic heterocycles. The van der Waals surface area contributed by atoms with Crippen LogP contribution in [-0.4, -0.2) is 36.6 Å². The van der Waals surface area contributed by atoms with Crippen LogP contribution in [0, 0.1) is 11.3 Å². The highest BCUT2D eigenvalue weighted by atomic mass is 15.2. The van der Waals surface area contributed by atoms with E-state index in [2.05, 4.69) is 31.1 Å². The van der Waals surface area contributed by atoms with Crippen molar-refractivity contribution < 1.29 is 0 Å². The molecule has 2 saturated carbocycles. The molecule has 3 aliphatic rings. The Hall–Kier alpha value is -0.0800. The number of likely N-dealkylation sites (N-methyl/N-ethyl adjacent to an activating group) is 1. The fourth-order valence-electron chi connectivity index (χ4n) is 4.92. The molecule has 4 atom stereocenters. The van der Waals surface area contributed by atoms with Crippen LogP contribution in [-0.2, 0) is 0 Å². The number of rotatable bonds is 2. The van der Waals surface area contributed by atoms with Gasteiger partial charge in [0, 0.05) is 24.7 Å². The van der Waals surface area contributed by atoms with Gasteiger partial charge in [0.1, 0.15) is 0 Å². The second-order valence-electron chi connectivity index (χ2n) is 7.24. The average molecular weight is 236 g/mol. The molecule has 0 aromatic rings. The fraction of sp³-hybridized carbons (Fsp3) is 1.00. The summed E-state index contributed by atoms with van der Waals surface area (Å²) in [5.74, 6) is 1.03. The molecule has 1 N–H and O–H groups in total. The Balaban J connectivity index is 1.77. The molecule has 0 radical (unpaired) electrons. The molecule has 0 aromatic heterocycles. The third kappa shape index (κ3) is 1.94. The maximum atomic E-state index is 3.64. The standard InChI is InChI=1S/C15H28N2/c1-15(2)8-4-5-13(14(15)16-3)17-10-11-6-7-12(17)9-11/h11-14,16H,4-10H2,1-3H3. The van der Waals surface area contributed by atoms with E-state index in [1.165, 1.54) is 45.1 Å². The van der Waals surface area contributed by atoms with Crippen molar-refractivity contribution in [3.8, 4) is 0 Å². The molecule has 4 unspecified atom stereocenters. The Morgan fingerprint density at radius 3 is 2.59 bits per heavy atom. The van der Waals surface area contributed by atoms with Gasteiger partial charge in [-0.3, -0.25) is 4.90 Å². The van der Waals surface area contributed by atoms with Gasteiger partial charge in [-0.2, -0.15) is 0 Å². The molecule has 3 rings (SSSR count). The maximum Gasteiger partial charge on any atom is 0.0271 e. The Morgan fingerprint density at radius 2 is 2.00 bits per heavy atom. The highest BCUT2D eigenvalue weighted by molar-refractivity contribution is 5.03. The zero-order chi connectivity index (χ0) is 12.0. The number of hydrogen-bond acceptors (Lipinski definition) is 2. The summed E-state index contributed by atoms with van der Waals surface area (Å²) in [6.07, 6.45) is 8.69. The molecule has 2 heteroatoms. The van der Waals surface area contributed by atoms with Crippen molar-refractivity contribution in [1.29, 1.82) is 0 Å². The fourth-order valence-corrected chi connectivity index (χ4v) is 4.92. The van der Waals surface area contributed by atoms with Crippen molar-refractivity contribution in [2.45, 2.75) is 70.5 Å². The van der Waals surface area contributed by atoms with E-state index in [1.807, 2.05) is 0 Å². The zero-order valence-corrected chi connectivity index (χ0v) is 11.7. The summed E-state index contributed by atoms with van der Waals surface area (Å²) < 4.78 is 0. The van der Waals surface area contributed by atoms with E-state index in [1.54, 1.807) is 0 Å². The lowest BCUT2D eigenvalue weighted by atomic mass is 9.70. The largest absolute Gasteiger partial charge is 0.315 e. The number of nitrogens with one attached hydrogen (secondary N) is 1. The van der Waals surface area contributed by atoms with E-state index in [4.69, 9.17) is 0 Å². The Kier molecular flexibility index (Phi) is 2.99. The van der Waals surface area contributed by atoms with Crippen LogP contribution in [0.15, 0.2) is 0 Å². The van der Waals surface area contributed by atoms with Gasteiger partial charge in [0.25, 0.3) is 0 Å². The van der Waals surface area contributed by atoms with E-state index in [0.717, 1.165) is 18.0 Å². The smallest absolute Gasteiger partial charge is 0.0271 e. The predicted molar refractivity (Wildman–Crippen MR) is 72.1 cm³/mol. The second kappa shape index (κ2) is 4.24. The summed E-state index contributed by atoms with van der Waals surface area (Å²) in [4.78, 5) is 2.87. The molecule has 0 spiro atoms. The van der Waals surface area contributed by atoms with Crippen molar-refractivity contribution >= 4 is 0 Å². The van der Waals surface area contributed by atoms with E-state index < -0.39 is 0 Å². The SMILES string of the molecule is CNC1C(N2CC3CCC2C3)CCCC1(C)C. The van der Waals surface area contributed by atoms with Gasteiger partial charge in [0.15, 0.2) is 0 Å². The molecule has 2 aliphatic carbocycles. The minimum Gasteiger partial charge on any atom is -0.315 e. The number of nitrogens with zero attached hydrogens (tertiary/aromatic N) is 1. The third-order valence-corrected chi connectivity index (χ3v) is 5.74. The molecule has 17 heavy (non-hydrogen) atoms. The first-order chi connectivity index (χ1) is 8.12. The van der Waals surface area contributed by atoms with Gasteiger partial charge in [-0.15, -0.1) is 0 Å². The first-order valence-corrected chi connectivity index (χ1v) is 7.55. The van der Waals surface area contributed by atoms with Crippen LogP contribution in [0.4, 0.5) is 0 Å². The molecule has 98 valence electrons. The molecule has 2 nitrogen and oxygen atoms in total. The van der Waals surface area contributed by atoms with Gasteiger partial charge in [-0.05, 0) is 50.5 Å². The predicted octanol–water partition coefficient (Wildman–Crippen LogP) is 2.64. The summed E-state index contributed by atoms with van der Waals surface area (Å²) in [5.41, 5.74) is 0.472. The zero-order valence-electron chi connectivity index (χ0n) is 11.7. The molecule has 1 saturated heterocycles. The normalized spacial score (nSPS) is 45.4. The summed E-state index contributed by atoms with van der Waals surface area (Å²) in [5, 5.41) is 3.64. The van der Waals surface area contributed by atoms with Crippen LogP contribution in [0.3, 0.4) is 0 Å². The highest BCUT2D eigenvalue weighted by Gasteiger charge is 2.47. The van der Waals surface area contributed by atoms with E-state index in [9.17, 15) is 0 Å². The molecule has 0 aromatic carbocycles. The Bertz CT molecular complexity index is 287. The first-order valence-electron chi connectivity index (χ1n) is 7.55. The van der Waals surface area contributed by atoms with Gasteiger partial charge >= 0.3 is 0 Å². The van der Waals surface area contributed by atoms with Crippen LogP contribution >= 0.6 is 0 Å². The lowest BCUT2D eigenvalue weighted by molar-refractivity contribution is 0.0342. The quantitative estimate of drug-likeness (QED) is 0.793. The maximum absolute atomic E-state index is 3.64. The molecule has 1 heterocycles. The van der Waals surface area contributed by atoms with E-state index in [-0.39, 0.29) is 0 Å². The minimum absolute atomic E-state index is 0.472. The van der Waals surface area contributed by atoms with Crippen LogP contribution in [0.1, 0.15) is 52.4 Å². The number of likely N-dealkylation sites (tertiary alicyclic amines) is 1. The Morgan fingerprint density at radius 1 is 1.18 bits per heavy atom. The van der Waals surface area contributed by atoms with Crippen LogP contribution < -0.4 is 5.32 Å². The summed E-state index contributed by atoms with van der Waals surface area (Å²) >= 11 is 0. The van der Waals surface area contributed by atoms with Crippen molar-refractivity contribution in [3.63, 3.8) is 0 Å². The number of fused-ring (bicyclic) bond motifs is 2. The van der Waals surface area contributed by atoms with Crippen LogP contribution in [0.2, 0.25) is 0 Å². The summed E-state index contributed by atoms with van der Waals surface area (Å²) in [6.45, 7) is 6.30. The average Bonchev–Trinajstić information content (AvgIpc) is 2.89. The van der Waals surface area contributed by atoms with Crippen molar-refractivity contribution in [2.75, 3.05) is 13.6 Å². The minimum atomic E-state index is 0.472. The molecular formula is C15H28N2. The number of piperidine rings is 1. The first kappa shape index (κ1) is 12.0. The lowest BCUT2D eigenvalue weighted by Crippen LogP contribution is -2.59. The molecule has 2 bridgehead atoms. The van der Waals surface area contributed by atoms with Crippen molar-refractivity contribution in [3.05, 3.63) is 0 Å². The third-order valence-electron chi connectivity index (χ3n) is 5.74. The van der Waals surface area contributed by atoms with Crippen molar-refractivity contribution in [2.24, 2.45) is 11.3 Å². The topological polar surface area (TPSA) is 15.3 Å². The van der Waals surface area contributed by atoms with Gasteiger partial charge in [-0.25, -0.2) is 0 Å². The van der Waals surface area contributed by atoms with Gasteiger partial charge in [-0.1, -0.05) is 20.3 Å². The monoisotopic (exact) mass is 236 g/mol. The van der Waals surface area contributed by atoms with E-state index in [0.29, 0.717) is 11.5 Å². The van der Waals surface area contributed by atoms with Gasteiger partial charge in [0.05, 0.1) is 0 Å². The Labute approximate surface area is 106 Å². The van der Waals surface area contributed by atoms with E-state index >= 15 is 0 Å². The molecular weight excluding hydrogens is 208 g/mol. The lowest BCUT2D eigenvalue weighted by Gasteiger charge is -2.49. The number of hydrogen-bond donors (Lipinski definition) is 1. The van der Waals surface area contributed by atoms with Crippen LogP contribution in [0.25, 0.3) is 0 Å². The van der Waals surface area contributed by atoms with Gasteiger partial charge in [0.2, 0.25) is 0 Å². The molecule has 3 fully saturated rings. The van der Waals surface area contributed by atoms with Gasteiger partial charge < -0.3 is 5.32 Å². The molecule has 0 amide bonds. The van der Waals surface area contributed by atoms with Crippen LogP contribution in [0.5, 0.6) is 0 Å². The second-order valence-corrected chi connectivity index (χ2v) is 7.24.